The molecular weight excluding hydrogens is 340 g/mol. The monoisotopic (exact) mass is 365 g/mol. The molecule has 0 unspecified atom stereocenters. The minimum absolute atomic E-state index is 0.0104. The van der Waals surface area contributed by atoms with Gasteiger partial charge in [-0.25, -0.2) is 8.78 Å². The molecule has 140 valence electrons. The third kappa shape index (κ3) is 3.27. The molecule has 0 saturated heterocycles. The standard InChI is InChI=1S/C24H25F2N/c1-2-3-15-4-8-19-16(12-15)7-9-22-21(19)11-10-20(24(22)26)17-5-6-18(14-27)23(25)13-17/h5-6,10-11,13,15-16,19H,2-4,7-9,12H2,1H3/t15-,16+,19+/m1/s1. The van der Waals surface area contributed by atoms with Crippen LogP contribution in [0.25, 0.3) is 11.1 Å². The van der Waals surface area contributed by atoms with Gasteiger partial charge in [-0.1, -0.05) is 38.0 Å². The Hall–Kier alpha value is -2.21. The van der Waals surface area contributed by atoms with Crippen LogP contribution in [0.5, 0.6) is 0 Å². The Morgan fingerprint density at radius 1 is 1.11 bits per heavy atom. The SMILES string of the molecule is CCC[C@@H]1CC[C@@H]2c3ccc(-c4ccc(C#N)c(F)c4)c(F)c3CC[C@H]2C1. The van der Waals surface area contributed by atoms with Crippen molar-refractivity contribution in [3.63, 3.8) is 0 Å². The van der Waals surface area contributed by atoms with Gasteiger partial charge in [0, 0.05) is 5.56 Å². The molecule has 0 spiro atoms. The van der Waals surface area contributed by atoms with Crippen LogP contribution in [0, 0.1) is 34.8 Å². The van der Waals surface area contributed by atoms with Crippen LogP contribution in [0.15, 0.2) is 30.3 Å². The Bertz CT molecular complexity index is 896. The molecule has 1 saturated carbocycles. The average Bonchev–Trinajstić information content (AvgIpc) is 2.68. The lowest BCUT2D eigenvalue weighted by Crippen LogP contribution is -2.28. The summed E-state index contributed by atoms with van der Waals surface area (Å²) in [6.07, 6.45) is 8.08. The van der Waals surface area contributed by atoms with Crippen LogP contribution in [0.4, 0.5) is 8.78 Å². The van der Waals surface area contributed by atoms with E-state index in [0.29, 0.717) is 23.0 Å². The summed E-state index contributed by atoms with van der Waals surface area (Å²) in [6.45, 7) is 2.26. The fourth-order valence-electron chi connectivity index (χ4n) is 5.32. The highest BCUT2D eigenvalue weighted by molar-refractivity contribution is 5.67. The van der Waals surface area contributed by atoms with Crippen molar-refractivity contribution in [2.75, 3.05) is 0 Å². The summed E-state index contributed by atoms with van der Waals surface area (Å²) in [7, 11) is 0. The first-order chi connectivity index (χ1) is 13.1. The van der Waals surface area contributed by atoms with Crippen molar-refractivity contribution >= 4 is 0 Å². The average molecular weight is 365 g/mol. The maximum Gasteiger partial charge on any atom is 0.141 e. The first-order valence-electron chi connectivity index (χ1n) is 10.1. The molecule has 1 fully saturated rings. The van der Waals surface area contributed by atoms with E-state index in [9.17, 15) is 4.39 Å². The third-order valence-corrected chi connectivity index (χ3v) is 6.63. The first-order valence-corrected chi connectivity index (χ1v) is 10.1. The van der Waals surface area contributed by atoms with E-state index in [0.717, 1.165) is 30.7 Å². The van der Waals surface area contributed by atoms with Crippen molar-refractivity contribution in [1.82, 2.24) is 0 Å². The van der Waals surface area contributed by atoms with Crippen molar-refractivity contribution in [1.29, 1.82) is 5.26 Å². The summed E-state index contributed by atoms with van der Waals surface area (Å²) in [4.78, 5) is 0. The van der Waals surface area contributed by atoms with E-state index in [-0.39, 0.29) is 11.4 Å². The highest BCUT2D eigenvalue weighted by Gasteiger charge is 2.36. The molecule has 2 aliphatic rings. The van der Waals surface area contributed by atoms with Crippen molar-refractivity contribution in [3.05, 3.63) is 58.7 Å². The largest absolute Gasteiger partial charge is 0.206 e. The fraction of sp³-hybridized carbons (Fsp3) is 0.458. The van der Waals surface area contributed by atoms with Crippen molar-refractivity contribution < 1.29 is 8.78 Å². The molecule has 0 radical (unpaired) electrons. The third-order valence-electron chi connectivity index (χ3n) is 6.63. The molecule has 2 aromatic carbocycles. The predicted octanol–water partition coefficient (Wildman–Crippen LogP) is 6.75. The van der Waals surface area contributed by atoms with Crippen LogP contribution < -0.4 is 0 Å². The number of hydrogen-bond donors (Lipinski definition) is 0. The molecule has 0 heterocycles. The van der Waals surface area contributed by atoms with Crippen LogP contribution >= 0.6 is 0 Å². The number of rotatable bonds is 3. The fourth-order valence-corrected chi connectivity index (χ4v) is 5.32. The lowest BCUT2D eigenvalue weighted by molar-refractivity contribution is 0.200. The smallest absolute Gasteiger partial charge is 0.141 e. The van der Waals surface area contributed by atoms with Gasteiger partial charge in [0.2, 0.25) is 0 Å². The molecule has 2 aromatic rings. The van der Waals surface area contributed by atoms with Gasteiger partial charge in [0.25, 0.3) is 0 Å². The summed E-state index contributed by atoms with van der Waals surface area (Å²) >= 11 is 0. The molecule has 2 aliphatic carbocycles. The maximum absolute atomic E-state index is 15.3. The van der Waals surface area contributed by atoms with Crippen LogP contribution in [0.3, 0.4) is 0 Å². The summed E-state index contributed by atoms with van der Waals surface area (Å²) < 4.78 is 29.3. The van der Waals surface area contributed by atoms with Crippen molar-refractivity contribution in [3.8, 4) is 17.2 Å². The molecule has 27 heavy (non-hydrogen) atoms. The van der Waals surface area contributed by atoms with Crippen LogP contribution in [-0.4, -0.2) is 0 Å². The predicted molar refractivity (Wildman–Crippen MR) is 103 cm³/mol. The molecular formula is C24H25F2N. The molecule has 0 amide bonds. The number of benzene rings is 2. The molecule has 3 atom stereocenters. The summed E-state index contributed by atoms with van der Waals surface area (Å²) in [5, 5.41) is 8.89. The zero-order valence-corrected chi connectivity index (χ0v) is 15.8. The molecule has 0 bridgehead atoms. The van der Waals surface area contributed by atoms with Gasteiger partial charge in [-0.3, -0.25) is 0 Å². The number of nitriles is 1. The Kier molecular flexibility index (Phi) is 5.00. The molecule has 0 aliphatic heterocycles. The zero-order valence-electron chi connectivity index (χ0n) is 15.8. The van der Waals surface area contributed by atoms with Crippen LogP contribution in [-0.2, 0) is 6.42 Å². The van der Waals surface area contributed by atoms with Gasteiger partial charge in [-0.05, 0) is 78.7 Å². The van der Waals surface area contributed by atoms with Gasteiger partial charge in [-0.2, -0.15) is 5.26 Å². The van der Waals surface area contributed by atoms with E-state index in [1.54, 1.807) is 12.1 Å². The van der Waals surface area contributed by atoms with Crippen LogP contribution in [0.2, 0.25) is 0 Å². The number of nitrogens with zero attached hydrogens (tertiary/aromatic N) is 1. The van der Waals surface area contributed by atoms with Gasteiger partial charge in [-0.15, -0.1) is 0 Å². The van der Waals surface area contributed by atoms with E-state index >= 15 is 4.39 Å². The maximum atomic E-state index is 15.3. The van der Waals surface area contributed by atoms with E-state index < -0.39 is 5.82 Å². The topological polar surface area (TPSA) is 23.8 Å². The van der Waals surface area contributed by atoms with Gasteiger partial charge < -0.3 is 0 Å². The van der Waals surface area contributed by atoms with E-state index in [2.05, 4.69) is 13.0 Å². The Morgan fingerprint density at radius 3 is 2.70 bits per heavy atom. The van der Waals surface area contributed by atoms with Gasteiger partial charge in [0.1, 0.15) is 17.7 Å². The minimum Gasteiger partial charge on any atom is -0.206 e. The summed E-state index contributed by atoms with van der Waals surface area (Å²) in [5.74, 6) is 1.19. The number of halogens is 2. The molecule has 3 heteroatoms. The molecule has 4 rings (SSSR count). The summed E-state index contributed by atoms with van der Waals surface area (Å²) in [6, 6.07) is 10.0. The van der Waals surface area contributed by atoms with E-state index in [1.807, 2.05) is 6.07 Å². The highest BCUT2D eigenvalue weighted by atomic mass is 19.1. The lowest BCUT2D eigenvalue weighted by atomic mass is 9.64. The Labute approximate surface area is 160 Å². The molecule has 1 nitrogen and oxygen atoms in total. The quantitative estimate of drug-likeness (QED) is 0.590. The molecule has 0 N–H and O–H groups in total. The van der Waals surface area contributed by atoms with Crippen molar-refractivity contribution in [2.24, 2.45) is 11.8 Å². The van der Waals surface area contributed by atoms with Gasteiger partial charge >= 0.3 is 0 Å². The Morgan fingerprint density at radius 2 is 1.96 bits per heavy atom. The van der Waals surface area contributed by atoms with E-state index in [1.165, 1.54) is 43.4 Å². The van der Waals surface area contributed by atoms with Crippen LogP contribution in [0.1, 0.15) is 68.1 Å². The summed E-state index contributed by atoms with van der Waals surface area (Å²) in [5.41, 5.74) is 2.93. The first kappa shape index (κ1) is 18.2. The second-order valence-electron chi connectivity index (χ2n) is 8.17. The second-order valence-corrected chi connectivity index (χ2v) is 8.17. The number of hydrogen-bond acceptors (Lipinski definition) is 1. The van der Waals surface area contributed by atoms with E-state index in [4.69, 9.17) is 5.26 Å². The minimum atomic E-state index is -0.596. The lowest BCUT2D eigenvalue weighted by Gasteiger charge is -2.41. The number of fused-ring (bicyclic) bond motifs is 3. The van der Waals surface area contributed by atoms with Crippen molar-refractivity contribution in [2.45, 2.75) is 57.8 Å². The normalized spacial score (nSPS) is 24.0. The zero-order chi connectivity index (χ0) is 19.0. The van der Waals surface area contributed by atoms with Gasteiger partial charge in [0.15, 0.2) is 0 Å². The highest BCUT2D eigenvalue weighted by Crippen LogP contribution is 2.49. The molecule has 0 aromatic heterocycles. The van der Waals surface area contributed by atoms with Gasteiger partial charge in [0.05, 0.1) is 5.56 Å². The Balaban J connectivity index is 1.66. The second kappa shape index (κ2) is 7.43.